The number of hydrogen-bond donors (Lipinski definition) is 1. The van der Waals surface area contributed by atoms with E-state index >= 15 is 0 Å². The molecule has 3 aromatic rings. The summed E-state index contributed by atoms with van der Waals surface area (Å²) in [6, 6.07) is 13.1. The fraction of sp³-hybridized carbons (Fsp3) is 0.0526. The van der Waals surface area contributed by atoms with E-state index in [1.54, 1.807) is 31.2 Å². The topological polar surface area (TPSA) is 141 Å². The van der Waals surface area contributed by atoms with E-state index in [0.29, 0.717) is 22.6 Å². The van der Waals surface area contributed by atoms with Gasteiger partial charge in [-0.25, -0.2) is 5.43 Å². The van der Waals surface area contributed by atoms with E-state index < -0.39 is 15.8 Å². The highest BCUT2D eigenvalue weighted by Gasteiger charge is 2.14. The number of amides is 1. The van der Waals surface area contributed by atoms with Gasteiger partial charge in [0.1, 0.15) is 11.5 Å². The Morgan fingerprint density at radius 2 is 1.76 bits per heavy atom. The van der Waals surface area contributed by atoms with Gasteiger partial charge < -0.3 is 4.42 Å². The van der Waals surface area contributed by atoms with Crippen LogP contribution in [0.1, 0.15) is 21.7 Å². The van der Waals surface area contributed by atoms with Crippen LogP contribution in [0.5, 0.6) is 0 Å². The largest absolute Gasteiger partial charge is 0.455 e. The molecular weight excluding hydrogens is 380 g/mol. The van der Waals surface area contributed by atoms with E-state index in [1.165, 1.54) is 36.5 Å². The molecule has 0 bridgehead atoms. The summed E-state index contributed by atoms with van der Waals surface area (Å²) in [5, 5.41) is 25.5. The SMILES string of the molecule is Cc1ccc(-c2ccc(/C=N\NC(=O)c3ccc([N+](=O)[O-])cc3)o2)cc1[N+](=O)[O-]. The highest BCUT2D eigenvalue weighted by molar-refractivity contribution is 5.94. The minimum absolute atomic E-state index is 0.00974. The molecule has 1 aromatic heterocycles. The van der Waals surface area contributed by atoms with Crippen LogP contribution in [0.2, 0.25) is 0 Å². The van der Waals surface area contributed by atoms with E-state index in [0.717, 1.165) is 0 Å². The molecule has 1 N–H and O–H groups in total. The Kier molecular flexibility index (Phi) is 5.44. The van der Waals surface area contributed by atoms with Crippen LogP contribution in [0.4, 0.5) is 11.4 Å². The summed E-state index contributed by atoms with van der Waals surface area (Å²) in [4.78, 5) is 32.7. The minimum Gasteiger partial charge on any atom is -0.455 e. The molecule has 1 amide bonds. The number of carbonyl (C=O) groups is 1. The number of nitrogens with zero attached hydrogens (tertiary/aromatic N) is 3. The summed E-state index contributed by atoms with van der Waals surface area (Å²) < 4.78 is 5.58. The molecule has 0 radical (unpaired) electrons. The van der Waals surface area contributed by atoms with Gasteiger partial charge in [0.15, 0.2) is 0 Å². The Bertz CT molecular complexity index is 1120. The van der Waals surface area contributed by atoms with Gasteiger partial charge in [-0.3, -0.25) is 25.0 Å². The van der Waals surface area contributed by atoms with Gasteiger partial charge in [-0.15, -0.1) is 0 Å². The van der Waals surface area contributed by atoms with Crippen molar-refractivity contribution in [3.63, 3.8) is 0 Å². The number of carbonyl (C=O) groups excluding carboxylic acids is 1. The third-order valence-electron chi connectivity index (χ3n) is 4.02. The second-order valence-corrected chi connectivity index (χ2v) is 5.96. The molecule has 1 heterocycles. The van der Waals surface area contributed by atoms with Crippen molar-refractivity contribution >= 4 is 23.5 Å². The highest BCUT2D eigenvalue weighted by atomic mass is 16.6. The zero-order chi connectivity index (χ0) is 21.0. The zero-order valence-corrected chi connectivity index (χ0v) is 15.1. The van der Waals surface area contributed by atoms with E-state index in [2.05, 4.69) is 10.5 Å². The molecule has 10 heteroatoms. The first-order chi connectivity index (χ1) is 13.8. The van der Waals surface area contributed by atoms with Crippen LogP contribution < -0.4 is 5.43 Å². The van der Waals surface area contributed by atoms with Crippen LogP contribution in [-0.4, -0.2) is 22.0 Å². The van der Waals surface area contributed by atoms with Gasteiger partial charge in [0, 0.05) is 34.9 Å². The summed E-state index contributed by atoms with van der Waals surface area (Å²) in [6.07, 6.45) is 1.27. The van der Waals surface area contributed by atoms with Crippen molar-refractivity contribution in [2.45, 2.75) is 6.92 Å². The maximum Gasteiger partial charge on any atom is 0.273 e. The molecule has 29 heavy (non-hydrogen) atoms. The van der Waals surface area contributed by atoms with Crippen molar-refractivity contribution in [3.05, 3.63) is 91.7 Å². The van der Waals surface area contributed by atoms with Crippen molar-refractivity contribution in [1.82, 2.24) is 5.43 Å². The molecule has 0 aliphatic heterocycles. The normalized spacial score (nSPS) is 10.8. The number of hydrazone groups is 1. The lowest BCUT2D eigenvalue weighted by Crippen LogP contribution is -2.17. The Balaban J connectivity index is 1.67. The van der Waals surface area contributed by atoms with Crippen LogP contribution in [0, 0.1) is 27.2 Å². The van der Waals surface area contributed by atoms with Crippen LogP contribution in [0.25, 0.3) is 11.3 Å². The molecular formula is C19H14N4O6. The first-order valence-corrected chi connectivity index (χ1v) is 8.28. The molecule has 146 valence electrons. The molecule has 0 fully saturated rings. The fourth-order valence-electron chi connectivity index (χ4n) is 2.49. The van der Waals surface area contributed by atoms with Gasteiger partial charge in [-0.05, 0) is 31.2 Å². The molecule has 0 atom stereocenters. The number of aryl methyl sites for hydroxylation is 1. The standard InChI is InChI=1S/C19H14N4O6/c1-12-2-3-14(10-17(12)23(27)28)18-9-8-16(29-18)11-20-21-19(24)13-4-6-15(7-5-13)22(25)26/h2-11H,1H3,(H,21,24)/b20-11-. The number of non-ortho nitro benzene ring substituents is 1. The predicted octanol–water partition coefficient (Wildman–Crippen LogP) is 3.84. The molecule has 0 aliphatic carbocycles. The Morgan fingerprint density at radius 3 is 2.41 bits per heavy atom. The van der Waals surface area contributed by atoms with Crippen molar-refractivity contribution in [3.8, 4) is 11.3 Å². The second-order valence-electron chi connectivity index (χ2n) is 5.96. The number of nitro groups is 2. The van der Waals surface area contributed by atoms with Crippen LogP contribution >= 0.6 is 0 Å². The predicted molar refractivity (Wildman–Crippen MR) is 104 cm³/mol. The Morgan fingerprint density at radius 1 is 1.03 bits per heavy atom. The van der Waals surface area contributed by atoms with Crippen LogP contribution in [-0.2, 0) is 0 Å². The molecule has 0 unspecified atom stereocenters. The fourth-order valence-corrected chi connectivity index (χ4v) is 2.49. The first-order valence-electron chi connectivity index (χ1n) is 8.28. The third-order valence-corrected chi connectivity index (χ3v) is 4.02. The lowest BCUT2D eigenvalue weighted by atomic mass is 10.1. The monoisotopic (exact) mass is 394 g/mol. The van der Waals surface area contributed by atoms with Gasteiger partial charge in [0.05, 0.1) is 16.1 Å². The van der Waals surface area contributed by atoms with E-state index in [4.69, 9.17) is 4.42 Å². The quantitative estimate of drug-likeness (QED) is 0.382. The molecule has 10 nitrogen and oxygen atoms in total. The van der Waals surface area contributed by atoms with Crippen molar-refractivity contribution < 1.29 is 19.1 Å². The van der Waals surface area contributed by atoms with Crippen LogP contribution in [0.3, 0.4) is 0 Å². The van der Waals surface area contributed by atoms with Gasteiger partial charge in [-0.1, -0.05) is 12.1 Å². The average molecular weight is 394 g/mol. The Labute approximate surface area is 163 Å². The summed E-state index contributed by atoms with van der Waals surface area (Å²) in [5.41, 5.74) is 3.45. The maximum atomic E-state index is 12.0. The Hall–Kier alpha value is -4.34. The van der Waals surface area contributed by atoms with Gasteiger partial charge in [0.2, 0.25) is 0 Å². The number of nitro benzene ring substituents is 2. The second kappa shape index (κ2) is 8.13. The average Bonchev–Trinajstić information content (AvgIpc) is 3.17. The van der Waals surface area contributed by atoms with Crippen molar-refractivity contribution in [1.29, 1.82) is 0 Å². The minimum atomic E-state index is -0.559. The molecule has 2 aromatic carbocycles. The third kappa shape index (κ3) is 4.50. The van der Waals surface area contributed by atoms with Crippen LogP contribution in [0.15, 0.2) is 64.1 Å². The van der Waals surface area contributed by atoms with E-state index in [9.17, 15) is 25.0 Å². The van der Waals surface area contributed by atoms with E-state index in [1.807, 2.05) is 0 Å². The highest BCUT2D eigenvalue weighted by Crippen LogP contribution is 2.27. The molecule has 0 saturated heterocycles. The lowest BCUT2D eigenvalue weighted by Gasteiger charge is -2.00. The zero-order valence-electron chi connectivity index (χ0n) is 15.1. The van der Waals surface area contributed by atoms with E-state index in [-0.39, 0.29) is 16.9 Å². The first kappa shape index (κ1) is 19.4. The smallest absolute Gasteiger partial charge is 0.273 e. The maximum absolute atomic E-state index is 12.0. The number of furan rings is 1. The van der Waals surface area contributed by atoms with Gasteiger partial charge in [0.25, 0.3) is 17.3 Å². The molecule has 0 aliphatic rings. The summed E-state index contributed by atoms with van der Waals surface area (Å²) in [5.74, 6) is 0.195. The van der Waals surface area contributed by atoms with Gasteiger partial charge >= 0.3 is 0 Å². The molecule has 0 spiro atoms. The number of rotatable bonds is 6. The lowest BCUT2D eigenvalue weighted by molar-refractivity contribution is -0.385. The van der Waals surface area contributed by atoms with Crippen molar-refractivity contribution in [2.24, 2.45) is 5.10 Å². The molecule has 0 saturated carbocycles. The number of benzene rings is 2. The van der Waals surface area contributed by atoms with Gasteiger partial charge in [-0.2, -0.15) is 5.10 Å². The van der Waals surface area contributed by atoms with Crippen molar-refractivity contribution in [2.75, 3.05) is 0 Å². The number of hydrogen-bond acceptors (Lipinski definition) is 7. The summed E-state index contributed by atoms with van der Waals surface area (Å²) in [6.45, 7) is 1.65. The number of nitrogens with one attached hydrogen (secondary N) is 1. The summed E-state index contributed by atoms with van der Waals surface area (Å²) >= 11 is 0. The molecule has 3 rings (SSSR count). The summed E-state index contributed by atoms with van der Waals surface area (Å²) in [7, 11) is 0.